The standard InChI is InChI=1S/C3HCl3O2/c4-3(5,6)1-2(7)8-1/h1H. The van der Waals surface area contributed by atoms with Crippen molar-refractivity contribution in [2.24, 2.45) is 0 Å². The second kappa shape index (κ2) is 1.66. The van der Waals surface area contributed by atoms with E-state index in [-0.39, 0.29) is 0 Å². The van der Waals surface area contributed by atoms with Crippen molar-refractivity contribution >= 4 is 40.8 Å². The van der Waals surface area contributed by atoms with E-state index in [1.807, 2.05) is 0 Å². The Kier molecular flexibility index (Phi) is 1.34. The smallest absolute Gasteiger partial charge is 0.353 e. The summed E-state index contributed by atoms with van der Waals surface area (Å²) in [4.78, 5) is 10.1. The lowest BCUT2D eigenvalue weighted by Crippen LogP contribution is -2.12. The zero-order valence-corrected chi connectivity index (χ0v) is 5.80. The molecule has 0 spiro atoms. The summed E-state index contributed by atoms with van der Waals surface area (Å²) < 4.78 is 2.67. The first-order valence-corrected chi connectivity index (χ1v) is 2.92. The zero-order valence-electron chi connectivity index (χ0n) is 3.53. The van der Waals surface area contributed by atoms with Crippen molar-refractivity contribution in [3.05, 3.63) is 0 Å². The van der Waals surface area contributed by atoms with Crippen LogP contribution in [0, 0.1) is 0 Å². The van der Waals surface area contributed by atoms with Gasteiger partial charge >= 0.3 is 5.97 Å². The molecule has 1 rings (SSSR count). The molecule has 0 aliphatic carbocycles. The molecule has 1 aliphatic rings. The van der Waals surface area contributed by atoms with Crippen LogP contribution in [0.3, 0.4) is 0 Å². The maximum absolute atomic E-state index is 10.1. The van der Waals surface area contributed by atoms with E-state index in [1.54, 1.807) is 0 Å². The number of cyclic esters (lactones) is 1. The molecule has 0 amide bonds. The van der Waals surface area contributed by atoms with Gasteiger partial charge in [0, 0.05) is 0 Å². The molecule has 1 fully saturated rings. The van der Waals surface area contributed by atoms with E-state index >= 15 is 0 Å². The van der Waals surface area contributed by atoms with Gasteiger partial charge in [0.1, 0.15) is 0 Å². The van der Waals surface area contributed by atoms with Gasteiger partial charge in [0.05, 0.1) is 0 Å². The van der Waals surface area contributed by atoms with E-state index in [9.17, 15) is 4.79 Å². The van der Waals surface area contributed by atoms with Gasteiger partial charge in [-0.25, -0.2) is 4.79 Å². The molecular formula is C3HCl3O2. The molecule has 2 nitrogen and oxygen atoms in total. The first-order chi connectivity index (χ1) is 3.52. The summed E-state index contributed by atoms with van der Waals surface area (Å²) in [7, 11) is 0. The van der Waals surface area contributed by atoms with Gasteiger partial charge in [-0.2, -0.15) is 0 Å². The van der Waals surface area contributed by atoms with Crippen LogP contribution in [-0.4, -0.2) is 15.9 Å². The van der Waals surface area contributed by atoms with E-state index in [0.29, 0.717) is 0 Å². The Balaban J connectivity index is 2.51. The highest BCUT2D eigenvalue weighted by Crippen LogP contribution is 2.39. The average Bonchev–Trinajstić information content (AvgIpc) is 2.13. The van der Waals surface area contributed by atoms with Crippen molar-refractivity contribution in [1.29, 1.82) is 0 Å². The molecule has 5 heteroatoms. The largest absolute Gasteiger partial charge is 0.443 e. The van der Waals surface area contributed by atoms with Crippen LogP contribution in [0.5, 0.6) is 0 Å². The Morgan fingerprint density at radius 1 is 1.50 bits per heavy atom. The molecule has 46 valence electrons. The van der Waals surface area contributed by atoms with Gasteiger partial charge in [-0.15, -0.1) is 0 Å². The van der Waals surface area contributed by atoms with Gasteiger partial charge < -0.3 is 4.74 Å². The number of alkyl halides is 3. The molecule has 0 N–H and O–H groups in total. The van der Waals surface area contributed by atoms with Crippen LogP contribution in [0.1, 0.15) is 0 Å². The molecule has 1 aliphatic heterocycles. The van der Waals surface area contributed by atoms with Gasteiger partial charge in [0.25, 0.3) is 0 Å². The third-order valence-electron chi connectivity index (χ3n) is 0.688. The van der Waals surface area contributed by atoms with Crippen LogP contribution < -0.4 is 0 Å². The van der Waals surface area contributed by atoms with Gasteiger partial charge in [0.15, 0.2) is 0 Å². The fourth-order valence-corrected chi connectivity index (χ4v) is 0.683. The molecule has 1 heterocycles. The quantitative estimate of drug-likeness (QED) is 0.410. The maximum Gasteiger partial charge on any atom is 0.353 e. The van der Waals surface area contributed by atoms with Crippen molar-refractivity contribution < 1.29 is 9.53 Å². The van der Waals surface area contributed by atoms with E-state index < -0.39 is 15.9 Å². The van der Waals surface area contributed by atoms with Crippen LogP contribution in [0.4, 0.5) is 0 Å². The molecule has 1 atom stereocenters. The van der Waals surface area contributed by atoms with Gasteiger partial charge in [-0.1, -0.05) is 34.8 Å². The Morgan fingerprint density at radius 2 is 1.88 bits per heavy atom. The molecule has 0 aromatic rings. The molecule has 8 heavy (non-hydrogen) atoms. The number of hydrogen-bond donors (Lipinski definition) is 0. The summed E-state index contributed by atoms with van der Waals surface area (Å²) in [5.74, 6) is -0.454. The number of carbonyl (C=O) groups excluding carboxylic acids is 1. The third kappa shape index (κ3) is 1.19. The Morgan fingerprint density at radius 3 is 1.88 bits per heavy atom. The van der Waals surface area contributed by atoms with Crippen LogP contribution in [-0.2, 0) is 9.53 Å². The number of carbonyl (C=O) groups is 1. The van der Waals surface area contributed by atoms with Gasteiger partial charge in [0.2, 0.25) is 9.90 Å². The fraction of sp³-hybridized carbons (Fsp3) is 0.667. The summed E-state index contributed by atoms with van der Waals surface area (Å²) in [6.45, 7) is 0. The molecular weight excluding hydrogens is 174 g/mol. The minimum atomic E-state index is -1.57. The normalized spacial score (nSPS) is 27.4. The SMILES string of the molecule is O=C1OC1C(Cl)(Cl)Cl. The Labute approximate surface area is 60.6 Å². The molecule has 0 saturated carbocycles. The van der Waals surface area contributed by atoms with Crippen molar-refractivity contribution in [1.82, 2.24) is 0 Å². The van der Waals surface area contributed by atoms with Crippen LogP contribution in [0.2, 0.25) is 0 Å². The molecule has 1 unspecified atom stereocenters. The maximum atomic E-state index is 10.1. The molecule has 0 bridgehead atoms. The van der Waals surface area contributed by atoms with E-state index in [0.717, 1.165) is 0 Å². The molecule has 0 aromatic heterocycles. The predicted octanol–water partition coefficient (Wildman–Crippen LogP) is 1.28. The summed E-state index contributed by atoms with van der Waals surface area (Å²) in [6, 6.07) is 0. The van der Waals surface area contributed by atoms with Crippen molar-refractivity contribution in [2.45, 2.75) is 9.90 Å². The highest BCUT2D eigenvalue weighted by molar-refractivity contribution is 6.69. The van der Waals surface area contributed by atoms with Crippen LogP contribution in [0.15, 0.2) is 0 Å². The van der Waals surface area contributed by atoms with E-state index in [2.05, 4.69) is 4.74 Å². The fourth-order valence-electron chi connectivity index (χ4n) is 0.283. The third-order valence-corrected chi connectivity index (χ3v) is 1.28. The molecule has 0 aromatic carbocycles. The predicted molar refractivity (Wildman–Crippen MR) is 30.2 cm³/mol. The highest BCUT2D eigenvalue weighted by atomic mass is 35.6. The molecule has 1 saturated heterocycles. The Bertz CT molecular complexity index is 127. The van der Waals surface area contributed by atoms with Crippen molar-refractivity contribution in [2.75, 3.05) is 0 Å². The highest BCUT2D eigenvalue weighted by Gasteiger charge is 2.53. The summed E-state index contributed by atoms with van der Waals surface area (Å²) in [5.41, 5.74) is 0. The topological polar surface area (TPSA) is 29.6 Å². The second-order valence-corrected chi connectivity index (χ2v) is 3.73. The number of halogens is 3. The van der Waals surface area contributed by atoms with Crippen molar-refractivity contribution in [3.8, 4) is 0 Å². The first kappa shape index (κ1) is 6.46. The summed E-state index contributed by atoms with van der Waals surface area (Å²) in [6.07, 6.45) is -0.826. The summed E-state index contributed by atoms with van der Waals surface area (Å²) >= 11 is 15.6. The second-order valence-electron chi connectivity index (χ2n) is 1.36. The van der Waals surface area contributed by atoms with Gasteiger partial charge in [-0.05, 0) is 0 Å². The first-order valence-electron chi connectivity index (χ1n) is 1.79. The number of hydrogen-bond acceptors (Lipinski definition) is 2. The van der Waals surface area contributed by atoms with Crippen LogP contribution in [0.25, 0.3) is 0 Å². The van der Waals surface area contributed by atoms with Gasteiger partial charge in [-0.3, -0.25) is 0 Å². The van der Waals surface area contributed by atoms with E-state index in [1.165, 1.54) is 0 Å². The van der Waals surface area contributed by atoms with Crippen molar-refractivity contribution in [3.63, 3.8) is 0 Å². The minimum absolute atomic E-state index is 0.454. The minimum Gasteiger partial charge on any atom is -0.443 e. The lowest BCUT2D eigenvalue weighted by Gasteiger charge is -1.99. The average molecular weight is 175 g/mol. The summed E-state index contributed by atoms with van der Waals surface area (Å²) in [5, 5.41) is 0. The van der Waals surface area contributed by atoms with E-state index in [4.69, 9.17) is 34.8 Å². The lowest BCUT2D eigenvalue weighted by atomic mass is 10.5. The zero-order chi connectivity index (χ0) is 6.36. The molecule has 0 radical (unpaired) electrons. The number of epoxide rings is 1. The number of ether oxygens (including phenoxy) is 1. The Hall–Kier alpha value is 0.340. The van der Waals surface area contributed by atoms with Crippen LogP contribution >= 0.6 is 34.8 Å². The number of rotatable bonds is 0. The monoisotopic (exact) mass is 174 g/mol. The lowest BCUT2D eigenvalue weighted by molar-refractivity contribution is -0.117.